The quantitative estimate of drug-likeness (QED) is 0.932. The van der Waals surface area contributed by atoms with Gasteiger partial charge < -0.3 is 15.0 Å². The number of nitrogens with zero attached hydrogens (tertiary/aromatic N) is 1. The smallest absolute Gasteiger partial charge is 0.257 e. The van der Waals surface area contributed by atoms with Gasteiger partial charge in [0.25, 0.3) is 5.91 Å². The summed E-state index contributed by atoms with van der Waals surface area (Å²) in [5.74, 6) is 0.543. The molecule has 1 aromatic rings. The van der Waals surface area contributed by atoms with Gasteiger partial charge in [0, 0.05) is 23.7 Å². The average molecular weight is 297 g/mol. The highest BCUT2D eigenvalue weighted by atomic mass is 35.5. The molecule has 1 fully saturated rings. The number of piperidine rings is 1. The van der Waals surface area contributed by atoms with Crippen molar-refractivity contribution in [3.63, 3.8) is 0 Å². The van der Waals surface area contributed by atoms with Crippen LogP contribution in [0.3, 0.4) is 0 Å². The summed E-state index contributed by atoms with van der Waals surface area (Å²) < 4.78 is 5.26. The zero-order valence-electron chi connectivity index (χ0n) is 12.2. The second kappa shape index (κ2) is 6.02. The molecular weight excluding hydrogens is 276 g/mol. The number of carbonyl (C=O) groups excluding carboxylic acids is 1. The molecule has 110 valence electrons. The van der Waals surface area contributed by atoms with E-state index in [2.05, 4.69) is 12.2 Å². The number of benzene rings is 1. The Hall–Kier alpha value is -1.26. The van der Waals surface area contributed by atoms with Crippen molar-refractivity contribution in [1.29, 1.82) is 0 Å². The first-order chi connectivity index (χ1) is 9.49. The fourth-order valence-corrected chi connectivity index (χ4v) is 2.63. The Morgan fingerprint density at radius 3 is 2.60 bits per heavy atom. The van der Waals surface area contributed by atoms with Gasteiger partial charge in [0.1, 0.15) is 5.75 Å². The summed E-state index contributed by atoms with van der Waals surface area (Å²) in [6, 6.07) is 5.13. The number of rotatable bonds is 3. The summed E-state index contributed by atoms with van der Waals surface area (Å²) in [5.41, 5.74) is 0.700. The molecule has 4 nitrogen and oxygen atoms in total. The molecule has 1 saturated heterocycles. The van der Waals surface area contributed by atoms with Crippen molar-refractivity contribution in [3.05, 3.63) is 28.8 Å². The lowest BCUT2D eigenvalue weighted by Gasteiger charge is -2.39. The molecule has 0 saturated carbocycles. The Morgan fingerprint density at radius 2 is 2.05 bits per heavy atom. The number of likely N-dealkylation sites (tertiary alicyclic amines) is 1. The fraction of sp³-hybridized carbons (Fsp3) is 0.533. The Morgan fingerprint density at radius 1 is 1.40 bits per heavy atom. The lowest BCUT2D eigenvalue weighted by Crippen LogP contribution is -2.51. The van der Waals surface area contributed by atoms with Crippen molar-refractivity contribution < 1.29 is 9.53 Å². The van der Waals surface area contributed by atoms with Gasteiger partial charge in [-0.05, 0) is 45.0 Å². The highest BCUT2D eigenvalue weighted by molar-refractivity contribution is 6.30. The standard InChI is InChI=1S/C15H21ClN2O2/c1-15(17-2)6-8-18(9-7-15)14(19)12-5-4-11(16)10-13(12)20-3/h4-5,10,17H,6-9H2,1-3H3. The Labute approximate surface area is 125 Å². The van der Waals surface area contributed by atoms with Crippen molar-refractivity contribution in [2.75, 3.05) is 27.2 Å². The molecule has 0 atom stereocenters. The predicted molar refractivity (Wildman–Crippen MR) is 80.6 cm³/mol. The molecule has 0 aromatic heterocycles. The molecule has 0 radical (unpaired) electrons. The first-order valence-electron chi connectivity index (χ1n) is 6.81. The van der Waals surface area contributed by atoms with Crippen molar-refractivity contribution in [1.82, 2.24) is 10.2 Å². The van der Waals surface area contributed by atoms with Gasteiger partial charge in [-0.1, -0.05) is 11.6 Å². The van der Waals surface area contributed by atoms with Crippen LogP contribution in [0, 0.1) is 0 Å². The number of ether oxygens (including phenoxy) is 1. The maximum absolute atomic E-state index is 12.6. The van der Waals surface area contributed by atoms with E-state index >= 15 is 0 Å². The third kappa shape index (κ3) is 3.07. The first kappa shape index (κ1) is 15.1. The van der Waals surface area contributed by atoms with Gasteiger partial charge in [0.05, 0.1) is 12.7 Å². The van der Waals surface area contributed by atoms with Crippen molar-refractivity contribution >= 4 is 17.5 Å². The van der Waals surface area contributed by atoms with Crippen LogP contribution in [-0.4, -0.2) is 43.6 Å². The molecule has 0 bridgehead atoms. The predicted octanol–water partition coefficient (Wildman–Crippen LogP) is 2.56. The molecule has 0 aliphatic carbocycles. The van der Waals surface area contributed by atoms with Crippen LogP contribution >= 0.6 is 11.6 Å². The molecule has 1 amide bonds. The minimum absolute atomic E-state index is 0.0108. The van der Waals surface area contributed by atoms with Crippen LogP contribution in [0.5, 0.6) is 5.75 Å². The lowest BCUT2D eigenvalue weighted by atomic mass is 9.89. The van der Waals surface area contributed by atoms with E-state index in [0.29, 0.717) is 16.3 Å². The van der Waals surface area contributed by atoms with Gasteiger partial charge >= 0.3 is 0 Å². The van der Waals surface area contributed by atoms with Crippen LogP contribution in [0.25, 0.3) is 0 Å². The minimum Gasteiger partial charge on any atom is -0.496 e. The number of carbonyl (C=O) groups is 1. The third-order valence-electron chi connectivity index (χ3n) is 4.15. The Kier molecular flexibility index (Phi) is 4.55. The molecule has 2 rings (SSSR count). The van der Waals surface area contributed by atoms with E-state index in [1.807, 2.05) is 11.9 Å². The summed E-state index contributed by atoms with van der Waals surface area (Å²) in [5, 5.41) is 3.90. The van der Waals surface area contributed by atoms with E-state index in [-0.39, 0.29) is 11.4 Å². The largest absolute Gasteiger partial charge is 0.496 e. The van der Waals surface area contributed by atoms with Gasteiger partial charge in [0.2, 0.25) is 0 Å². The number of methoxy groups -OCH3 is 1. The Balaban J connectivity index is 2.13. The maximum Gasteiger partial charge on any atom is 0.257 e. The summed E-state index contributed by atoms with van der Waals surface area (Å²) in [6.07, 6.45) is 1.90. The number of nitrogens with one attached hydrogen (secondary N) is 1. The summed E-state index contributed by atoms with van der Waals surface area (Å²) in [4.78, 5) is 14.5. The topological polar surface area (TPSA) is 41.6 Å². The van der Waals surface area contributed by atoms with Crippen molar-refractivity contribution in [2.45, 2.75) is 25.3 Å². The lowest BCUT2D eigenvalue weighted by molar-refractivity contribution is 0.0658. The molecule has 0 unspecified atom stereocenters. The highest BCUT2D eigenvalue weighted by Gasteiger charge is 2.31. The fourth-order valence-electron chi connectivity index (χ4n) is 2.47. The van der Waals surface area contributed by atoms with E-state index in [1.165, 1.54) is 0 Å². The van der Waals surface area contributed by atoms with E-state index < -0.39 is 0 Å². The van der Waals surface area contributed by atoms with Crippen LogP contribution in [0.2, 0.25) is 5.02 Å². The number of hydrogen-bond acceptors (Lipinski definition) is 3. The van der Waals surface area contributed by atoms with Gasteiger partial charge in [-0.2, -0.15) is 0 Å². The van der Waals surface area contributed by atoms with E-state index in [0.717, 1.165) is 25.9 Å². The van der Waals surface area contributed by atoms with E-state index in [9.17, 15) is 4.79 Å². The van der Waals surface area contributed by atoms with E-state index in [4.69, 9.17) is 16.3 Å². The van der Waals surface area contributed by atoms with Crippen LogP contribution in [0.4, 0.5) is 0 Å². The Bertz CT molecular complexity index is 497. The number of halogens is 1. The second-order valence-corrected chi connectivity index (χ2v) is 5.88. The van der Waals surface area contributed by atoms with E-state index in [1.54, 1.807) is 25.3 Å². The second-order valence-electron chi connectivity index (χ2n) is 5.45. The zero-order valence-corrected chi connectivity index (χ0v) is 13.0. The zero-order chi connectivity index (χ0) is 14.8. The summed E-state index contributed by atoms with van der Waals surface area (Å²) in [7, 11) is 3.52. The molecule has 1 heterocycles. The number of amides is 1. The highest BCUT2D eigenvalue weighted by Crippen LogP contribution is 2.27. The van der Waals surface area contributed by atoms with Gasteiger partial charge in [-0.25, -0.2) is 0 Å². The summed E-state index contributed by atoms with van der Waals surface area (Å²) >= 11 is 5.93. The van der Waals surface area contributed by atoms with Crippen LogP contribution in [-0.2, 0) is 0 Å². The third-order valence-corrected chi connectivity index (χ3v) is 4.39. The van der Waals surface area contributed by atoms with Crippen LogP contribution in [0.15, 0.2) is 18.2 Å². The minimum atomic E-state index is 0.0108. The average Bonchev–Trinajstić information content (AvgIpc) is 2.47. The van der Waals surface area contributed by atoms with Gasteiger partial charge in [-0.15, -0.1) is 0 Å². The van der Waals surface area contributed by atoms with Crippen molar-refractivity contribution in [2.24, 2.45) is 0 Å². The molecule has 1 N–H and O–H groups in total. The molecule has 1 aliphatic heterocycles. The molecule has 20 heavy (non-hydrogen) atoms. The first-order valence-corrected chi connectivity index (χ1v) is 7.18. The molecule has 5 heteroatoms. The normalized spacial score (nSPS) is 17.9. The molecule has 1 aromatic carbocycles. The van der Waals surface area contributed by atoms with Gasteiger partial charge in [0.15, 0.2) is 0 Å². The summed E-state index contributed by atoms with van der Waals surface area (Å²) in [6.45, 7) is 3.70. The molecular formula is C15H21ClN2O2. The number of hydrogen-bond donors (Lipinski definition) is 1. The van der Waals surface area contributed by atoms with Crippen molar-refractivity contribution in [3.8, 4) is 5.75 Å². The maximum atomic E-state index is 12.6. The molecule has 0 spiro atoms. The SMILES string of the molecule is CNC1(C)CCN(C(=O)c2ccc(Cl)cc2OC)CC1. The van der Waals surface area contributed by atoms with Crippen LogP contribution < -0.4 is 10.1 Å². The van der Waals surface area contributed by atoms with Gasteiger partial charge in [-0.3, -0.25) is 4.79 Å². The van der Waals surface area contributed by atoms with Crippen LogP contribution in [0.1, 0.15) is 30.1 Å². The monoisotopic (exact) mass is 296 g/mol. The molecule has 1 aliphatic rings.